The van der Waals surface area contributed by atoms with E-state index >= 15 is 0 Å². The predicted octanol–water partition coefficient (Wildman–Crippen LogP) is -2.14. The molecule has 0 aliphatic rings. The van der Waals surface area contributed by atoms with Crippen LogP contribution in [0.2, 0.25) is 0 Å². The molecule has 0 saturated carbocycles. The van der Waals surface area contributed by atoms with Crippen molar-refractivity contribution in [2.75, 3.05) is 14.1 Å². The van der Waals surface area contributed by atoms with Crippen LogP contribution < -0.4 is 3.89 Å². The first-order chi connectivity index (χ1) is 2.64. The minimum atomic E-state index is -1.12. The Kier molecular flexibility index (Phi) is 3.50. The van der Waals surface area contributed by atoms with Crippen molar-refractivity contribution in [3.63, 3.8) is 0 Å². The molecule has 0 aliphatic heterocycles. The molecule has 0 amide bonds. The van der Waals surface area contributed by atoms with Crippen LogP contribution in [0.3, 0.4) is 0 Å². The van der Waals surface area contributed by atoms with Crippen LogP contribution in [-0.4, -0.2) is 44.8 Å². The number of nitrogens with zero attached hydrogens (tertiary/aromatic N) is 1. The molecule has 0 unspecified atom stereocenters. The van der Waals surface area contributed by atoms with Crippen LogP contribution in [0, 0.1) is 0 Å². The zero-order valence-electron chi connectivity index (χ0n) is 4.47. The monoisotopic (exact) mass is 212 g/mol. The molecule has 0 atom stereocenters. The van der Waals surface area contributed by atoms with Crippen molar-refractivity contribution in [3.8, 4) is 0 Å². The predicted molar refractivity (Wildman–Crippen MR) is 33.6 cm³/mol. The van der Waals surface area contributed by atoms with Gasteiger partial charge in [-0.3, -0.25) is 0 Å². The van der Waals surface area contributed by atoms with Gasteiger partial charge in [0.2, 0.25) is 0 Å². The average Bonchev–Trinajstić information content (AvgIpc) is 1.36. The minimum absolute atomic E-state index is 1.12. The van der Waals surface area contributed by atoms with E-state index in [2.05, 4.69) is 17.2 Å². The first-order valence-corrected chi connectivity index (χ1v) is 13.0. The summed E-state index contributed by atoms with van der Waals surface area (Å²) in [6, 6.07) is 0. The first-order valence-electron chi connectivity index (χ1n) is 1.80. The SMILES string of the molecule is C[N](C)[Sb]([NH2])[SiH3]. The second-order valence-corrected chi connectivity index (χ2v) is 13.1. The van der Waals surface area contributed by atoms with E-state index in [1.165, 1.54) is 7.66 Å². The van der Waals surface area contributed by atoms with Crippen molar-refractivity contribution in [1.29, 1.82) is 0 Å². The van der Waals surface area contributed by atoms with Gasteiger partial charge in [-0.2, -0.15) is 0 Å². The van der Waals surface area contributed by atoms with Gasteiger partial charge in [-0.15, -0.1) is 0 Å². The van der Waals surface area contributed by atoms with Gasteiger partial charge in [-0.25, -0.2) is 0 Å². The van der Waals surface area contributed by atoms with E-state index in [9.17, 15) is 0 Å². The fraction of sp³-hybridized carbons (Fsp3) is 1.00. The Hall–Kier alpha value is 0.955. The Bertz CT molecular complexity index is 32.5. The summed E-state index contributed by atoms with van der Waals surface area (Å²) in [7, 11) is 5.37. The summed E-state index contributed by atoms with van der Waals surface area (Å²) in [5.74, 6) is 0. The Balaban J connectivity index is 2.99. The third-order valence-corrected chi connectivity index (χ3v) is 9.60. The van der Waals surface area contributed by atoms with Crippen molar-refractivity contribution in [1.82, 2.24) is 3.06 Å². The summed E-state index contributed by atoms with van der Waals surface area (Å²) in [6.45, 7) is 0. The van der Waals surface area contributed by atoms with Gasteiger partial charge in [0.05, 0.1) is 0 Å². The molecule has 0 aromatic heterocycles. The van der Waals surface area contributed by atoms with E-state index < -0.39 is 20.0 Å². The van der Waals surface area contributed by atoms with Crippen molar-refractivity contribution >= 4 is 27.6 Å². The van der Waals surface area contributed by atoms with Gasteiger partial charge in [0, 0.05) is 0 Å². The van der Waals surface area contributed by atoms with E-state index in [-0.39, 0.29) is 0 Å². The van der Waals surface area contributed by atoms with Crippen LogP contribution in [0.25, 0.3) is 0 Å². The maximum absolute atomic E-state index is 5.61. The number of rotatable bonds is 1. The molecule has 0 aliphatic carbocycles. The van der Waals surface area contributed by atoms with Gasteiger partial charge in [0.1, 0.15) is 0 Å². The fourth-order valence-corrected chi connectivity index (χ4v) is 0. The van der Waals surface area contributed by atoms with Crippen molar-refractivity contribution < 1.29 is 0 Å². The first kappa shape index (κ1) is 6.96. The topological polar surface area (TPSA) is 29.3 Å². The van der Waals surface area contributed by atoms with Crippen LogP contribution in [-0.2, 0) is 0 Å². The summed E-state index contributed by atoms with van der Waals surface area (Å²) in [5.41, 5.74) is 0. The van der Waals surface area contributed by atoms with E-state index in [4.69, 9.17) is 3.89 Å². The second kappa shape index (κ2) is 3.02. The maximum atomic E-state index is 5.61. The Morgan fingerprint density at radius 1 is 1.67 bits per heavy atom. The van der Waals surface area contributed by atoms with Gasteiger partial charge < -0.3 is 0 Å². The molecular formula is C2H11N2SbSi. The summed E-state index contributed by atoms with van der Waals surface area (Å²) < 4.78 is 7.80. The molecule has 4 heteroatoms. The normalized spacial score (nSPS) is 11.5. The quantitative estimate of drug-likeness (QED) is 0.503. The van der Waals surface area contributed by atoms with Crippen LogP contribution >= 0.6 is 0 Å². The van der Waals surface area contributed by atoms with Crippen LogP contribution in [0.5, 0.6) is 0 Å². The van der Waals surface area contributed by atoms with Gasteiger partial charge in [-0.1, -0.05) is 0 Å². The van der Waals surface area contributed by atoms with Crippen molar-refractivity contribution in [2.24, 2.45) is 3.89 Å². The third-order valence-electron chi connectivity index (χ3n) is 0.631. The van der Waals surface area contributed by atoms with Gasteiger partial charge >= 0.3 is 48.7 Å². The van der Waals surface area contributed by atoms with Crippen molar-refractivity contribution in [3.05, 3.63) is 0 Å². The molecule has 0 spiro atoms. The number of hydrogen-bond acceptors (Lipinski definition) is 2. The summed E-state index contributed by atoms with van der Waals surface area (Å²) in [5, 5.41) is 0. The Labute approximate surface area is 48.9 Å². The van der Waals surface area contributed by atoms with Gasteiger partial charge in [-0.05, 0) is 0 Å². The van der Waals surface area contributed by atoms with E-state index in [0.717, 1.165) is 0 Å². The molecule has 0 heterocycles. The summed E-state index contributed by atoms with van der Waals surface area (Å²) in [4.78, 5) is 0. The molecule has 0 radical (unpaired) electrons. The molecule has 0 rings (SSSR count). The molecule has 0 bridgehead atoms. The standard InChI is InChI=1S/C2H6N.H2N.Sb.H3Si/c1-3-2;;;/h1-2H3;1H2;;1H3/q2*-1;+2;. The molecule has 2 nitrogen and oxygen atoms in total. The molecule has 0 aromatic carbocycles. The van der Waals surface area contributed by atoms with Gasteiger partial charge in [0.15, 0.2) is 0 Å². The van der Waals surface area contributed by atoms with Gasteiger partial charge in [0.25, 0.3) is 0 Å². The molecule has 6 heavy (non-hydrogen) atoms. The molecular weight excluding hydrogens is 202 g/mol. The molecule has 0 saturated heterocycles. The third kappa shape index (κ3) is 3.16. The zero-order chi connectivity index (χ0) is 5.15. The molecule has 2 N–H and O–H groups in total. The average molecular weight is 213 g/mol. The Morgan fingerprint density at radius 3 is 1.83 bits per heavy atom. The zero-order valence-corrected chi connectivity index (χ0v) is 9.02. The van der Waals surface area contributed by atoms with Crippen LogP contribution in [0.15, 0.2) is 0 Å². The molecule has 38 valence electrons. The molecule has 0 fully saturated rings. The van der Waals surface area contributed by atoms with E-state index in [0.29, 0.717) is 0 Å². The number of nitrogens with two attached hydrogens (primary N) is 1. The van der Waals surface area contributed by atoms with Crippen LogP contribution in [0.4, 0.5) is 0 Å². The van der Waals surface area contributed by atoms with E-state index in [1.54, 1.807) is 0 Å². The van der Waals surface area contributed by atoms with Crippen molar-refractivity contribution in [2.45, 2.75) is 0 Å². The second-order valence-electron chi connectivity index (χ2n) is 1.42. The van der Waals surface area contributed by atoms with Crippen LogP contribution in [0.1, 0.15) is 0 Å². The Morgan fingerprint density at radius 2 is 1.83 bits per heavy atom. The molecule has 0 aromatic rings. The summed E-state index contributed by atoms with van der Waals surface area (Å²) in [6.07, 6.45) is 0. The van der Waals surface area contributed by atoms with E-state index in [1.807, 2.05) is 0 Å². The summed E-state index contributed by atoms with van der Waals surface area (Å²) >= 11 is -1.12. The fourth-order valence-electron chi connectivity index (χ4n) is 0. The number of hydrogen-bond donors (Lipinski definition) is 1.